The van der Waals surface area contributed by atoms with Gasteiger partial charge in [-0.1, -0.05) is 51.1 Å². The third-order valence-electron chi connectivity index (χ3n) is 8.49. The van der Waals surface area contributed by atoms with Crippen molar-refractivity contribution in [3.63, 3.8) is 0 Å². The van der Waals surface area contributed by atoms with E-state index in [0.717, 1.165) is 17.9 Å². The van der Waals surface area contributed by atoms with Gasteiger partial charge in [-0.2, -0.15) is 4.58 Å². The first kappa shape index (κ1) is 23.3. The summed E-state index contributed by atoms with van der Waals surface area (Å²) >= 11 is 0. The van der Waals surface area contributed by atoms with Gasteiger partial charge >= 0.3 is 0 Å². The lowest BCUT2D eigenvalue weighted by atomic mass is 9.81. The number of rotatable bonds is 2. The maximum absolute atomic E-state index is 6.73. The van der Waals surface area contributed by atoms with Crippen LogP contribution in [0.15, 0.2) is 60.4 Å². The Morgan fingerprint density at radius 1 is 1.06 bits per heavy atom. The minimum absolute atomic E-state index is 0.0208. The molecule has 0 fully saturated rings. The molecule has 3 heteroatoms. The molecule has 0 atom stereocenters. The molecule has 3 nitrogen and oxygen atoms in total. The van der Waals surface area contributed by atoms with Gasteiger partial charge in [0.2, 0.25) is 5.69 Å². The fourth-order valence-electron chi connectivity index (χ4n) is 6.57. The third kappa shape index (κ3) is 3.58. The maximum Gasteiger partial charge on any atom is 0.209 e. The molecule has 6 rings (SSSR count). The zero-order chi connectivity index (χ0) is 25.2. The Kier molecular flexibility index (Phi) is 5.33. The van der Waals surface area contributed by atoms with Gasteiger partial charge in [-0.25, -0.2) is 0 Å². The van der Waals surface area contributed by atoms with Crippen LogP contribution in [0.4, 0.5) is 11.4 Å². The van der Waals surface area contributed by atoms with E-state index in [1.165, 1.54) is 77.3 Å². The highest BCUT2D eigenvalue weighted by Gasteiger charge is 2.42. The van der Waals surface area contributed by atoms with Gasteiger partial charge in [-0.05, 0) is 62.8 Å². The van der Waals surface area contributed by atoms with Crippen molar-refractivity contribution in [3.8, 4) is 5.75 Å². The smallest absolute Gasteiger partial charge is 0.209 e. The van der Waals surface area contributed by atoms with Crippen LogP contribution in [0, 0.1) is 5.41 Å². The Bertz CT molecular complexity index is 1380. The standard InChI is InChI=1S/C33H39N2O/c1-32(2,3)29-21-22(12-9-17-28-33(4,5)26-15-7-8-16-27(26)34(28)6)25-20-23-13-10-18-35-19-11-14-24(30(23)35)31(25)36-29/h7-9,12,15-17,20-21H,10-11,13-14,18-19H2,1-6H3/q+1. The summed E-state index contributed by atoms with van der Waals surface area (Å²) in [5.41, 5.74) is 10.9. The lowest BCUT2D eigenvalue weighted by molar-refractivity contribution is -0.401. The normalized spacial score (nSPS) is 21.3. The second-order valence-electron chi connectivity index (χ2n) is 12.4. The zero-order valence-electron chi connectivity index (χ0n) is 22.7. The van der Waals surface area contributed by atoms with Crippen LogP contribution in [-0.2, 0) is 18.3 Å². The molecule has 0 aliphatic carbocycles. The topological polar surface area (TPSA) is 15.5 Å². The van der Waals surface area contributed by atoms with E-state index < -0.39 is 0 Å². The van der Waals surface area contributed by atoms with Crippen LogP contribution in [-0.4, -0.2) is 30.4 Å². The average Bonchev–Trinajstić information content (AvgIpc) is 3.04. The summed E-state index contributed by atoms with van der Waals surface area (Å²) in [7, 11) is 2.19. The van der Waals surface area contributed by atoms with Gasteiger partial charge < -0.3 is 9.64 Å². The second-order valence-corrected chi connectivity index (χ2v) is 12.4. The number of benzene rings is 2. The summed E-state index contributed by atoms with van der Waals surface area (Å²) in [5.74, 6) is 2.16. The summed E-state index contributed by atoms with van der Waals surface area (Å²) in [5, 5.41) is 0. The van der Waals surface area contributed by atoms with Crippen molar-refractivity contribution in [2.75, 3.05) is 25.0 Å². The molecule has 0 saturated carbocycles. The number of nitrogens with zero attached hydrogens (tertiary/aromatic N) is 2. The SMILES string of the molecule is C[N+]1=C(C=CC=C2C=C(C(C)(C)C)Oc3c2cc2c4c3CCCN4CCC2)C(C)(C)c2ccccc21. The molecule has 0 saturated heterocycles. The number of para-hydroxylation sites is 1. The summed E-state index contributed by atoms with van der Waals surface area (Å²) in [6, 6.07) is 11.2. The van der Waals surface area contributed by atoms with Gasteiger partial charge in [0, 0.05) is 53.0 Å². The van der Waals surface area contributed by atoms with E-state index >= 15 is 0 Å². The molecule has 0 amide bonds. The van der Waals surface area contributed by atoms with Crippen LogP contribution >= 0.6 is 0 Å². The largest absolute Gasteiger partial charge is 0.460 e. The lowest BCUT2D eigenvalue weighted by Gasteiger charge is -2.40. The van der Waals surface area contributed by atoms with E-state index in [2.05, 4.69) is 106 Å². The molecule has 0 spiro atoms. The third-order valence-corrected chi connectivity index (χ3v) is 8.49. The Labute approximate surface area is 216 Å². The van der Waals surface area contributed by atoms with Crippen molar-refractivity contribution in [1.29, 1.82) is 0 Å². The predicted octanol–water partition coefficient (Wildman–Crippen LogP) is 7.35. The zero-order valence-corrected chi connectivity index (χ0v) is 22.7. The van der Waals surface area contributed by atoms with E-state index in [4.69, 9.17) is 4.74 Å². The molecule has 2 aromatic carbocycles. The van der Waals surface area contributed by atoms with E-state index in [1.54, 1.807) is 0 Å². The second kappa shape index (κ2) is 8.23. The number of allylic oxidation sites excluding steroid dienone is 6. The van der Waals surface area contributed by atoms with Gasteiger partial charge in [0.1, 0.15) is 18.6 Å². The number of aryl methyl sites for hydroxylation is 1. The molecule has 0 radical (unpaired) electrons. The van der Waals surface area contributed by atoms with Crippen molar-refractivity contribution in [3.05, 3.63) is 82.6 Å². The monoisotopic (exact) mass is 479 g/mol. The molecule has 4 heterocycles. The molecule has 186 valence electrons. The van der Waals surface area contributed by atoms with Crippen molar-refractivity contribution in [2.24, 2.45) is 5.41 Å². The van der Waals surface area contributed by atoms with Crippen LogP contribution in [0.2, 0.25) is 0 Å². The van der Waals surface area contributed by atoms with Crippen molar-refractivity contribution in [2.45, 2.75) is 65.7 Å². The van der Waals surface area contributed by atoms with Gasteiger partial charge in [0.15, 0.2) is 5.71 Å². The number of ether oxygens (including phenoxy) is 1. The van der Waals surface area contributed by atoms with E-state index in [-0.39, 0.29) is 10.8 Å². The fourth-order valence-corrected chi connectivity index (χ4v) is 6.57. The van der Waals surface area contributed by atoms with Crippen LogP contribution in [0.5, 0.6) is 5.75 Å². The molecule has 4 aliphatic heterocycles. The first-order valence-electron chi connectivity index (χ1n) is 13.6. The van der Waals surface area contributed by atoms with E-state index in [9.17, 15) is 0 Å². The van der Waals surface area contributed by atoms with Crippen LogP contribution in [0.3, 0.4) is 0 Å². The summed E-state index contributed by atoms with van der Waals surface area (Å²) < 4.78 is 9.07. The number of anilines is 1. The minimum atomic E-state index is -0.0540. The molecule has 4 aliphatic rings. The fraction of sp³-hybridized carbons (Fsp3) is 0.424. The maximum atomic E-state index is 6.73. The van der Waals surface area contributed by atoms with Crippen LogP contribution < -0.4 is 9.64 Å². The minimum Gasteiger partial charge on any atom is -0.460 e. The predicted molar refractivity (Wildman–Crippen MR) is 151 cm³/mol. The Morgan fingerprint density at radius 2 is 1.81 bits per heavy atom. The highest BCUT2D eigenvalue weighted by atomic mass is 16.5. The Morgan fingerprint density at radius 3 is 2.56 bits per heavy atom. The highest BCUT2D eigenvalue weighted by Crippen LogP contribution is 2.49. The summed E-state index contributed by atoms with van der Waals surface area (Å²) in [4.78, 5) is 2.60. The summed E-state index contributed by atoms with van der Waals surface area (Å²) in [6.07, 6.45) is 13.9. The highest BCUT2D eigenvalue weighted by molar-refractivity contribution is 6.03. The van der Waals surface area contributed by atoms with Gasteiger partial charge in [-0.3, -0.25) is 0 Å². The van der Waals surface area contributed by atoms with Gasteiger partial charge in [-0.15, -0.1) is 0 Å². The van der Waals surface area contributed by atoms with Gasteiger partial charge in [0.25, 0.3) is 0 Å². The van der Waals surface area contributed by atoms with Crippen LogP contribution in [0.25, 0.3) is 5.57 Å². The number of hydrogen-bond donors (Lipinski definition) is 0. The molecule has 36 heavy (non-hydrogen) atoms. The molecule has 2 aromatic rings. The van der Waals surface area contributed by atoms with Crippen molar-refractivity contribution < 1.29 is 9.31 Å². The lowest BCUT2D eigenvalue weighted by Crippen LogP contribution is -2.35. The molecule has 0 aromatic heterocycles. The molecular formula is C33H39N2O+. The van der Waals surface area contributed by atoms with E-state index in [1.807, 2.05) is 0 Å². The molecule has 0 bridgehead atoms. The Hall–Kier alpha value is -3.07. The first-order valence-corrected chi connectivity index (χ1v) is 13.6. The molecule has 0 unspecified atom stereocenters. The average molecular weight is 480 g/mol. The van der Waals surface area contributed by atoms with Crippen molar-refractivity contribution >= 4 is 22.7 Å². The van der Waals surface area contributed by atoms with Crippen molar-refractivity contribution in [1.82, 2.24) is 0 Å². The molecular weight excluding hydrogens is 440 g/mol. The quantitative estimate of drug-likeness (QED) is 0.418. The number of hydrogen-bond acceptors (Lipinski definition) is 2. The number of fused-ring (bicyclic) bond motifs is 3. The molecule has 0 N–H and O–H groups in total. The Balaban J connectivity index is 1.45. The van der Waals surface area contributed by atoms with E-state index in [0.29, 0.717) is 0 Å². The van der Waals surface area contributed by atoms with Crippen LogP contribution in [0.1, 0.15) is 69.7 Å². The summed E-state index contributed by atoms with van der Waals surface area (Å²) in [6.45, 7) is 13.7. The first-order chi connectivity index (χ1) is 17.2. The van der Waals surface area contributed by atoms with Gasteiger partial charge in [0.05, 0.1) is 5.41 Å².